The Bertz CT molecular complexity index is 342. The zero-order valence-corrected chi connectivity index (χ0v) is 11.7. The Morgan fingerprint density at radius 1 is 1.44 bits per heavy atom. The van der Waals surface area contributed by atoms with Gasteiger partial charge in [-0.05, 0) is 59.1 Å². The van der Waals surface area contributed by atoms with E-state index >= 15 is 0 Å². The van der Waals surface area contributed by atoms with Crippen LogP contribution in [0.2, 0.25) is 0 Å². The minimum atomic E-state index is 0.0702. The predicted molar refractivity (Wildman–Crippen MR) is 73.4 cm³/mol. The van der Waals surface area contributed by atoms with Crippen molar-refractivity contribution in [2.24, 2.45) is 5.73 Å². The van der Waals surface area contributed by atoms with Crippen LogP contribution >= 0.6 is 0 Å². The van der Waals surface area contributed by atoms with Crippen molar-refractivity contribution in [2.75, 3.05) is 27.2 Å². The molecule has 0 saturated carbocycles. The summed E-state index contributed by atoms with van der Waals surface area (Å²) in [5.41, 5.74) is 6.15. The van der Waals surface area contributed by atoms with Crippen molar-refractivity contribution < 1.29 is 4.42 Å². The maximum absolute atomic E-state index is 6.15. The Hall–Kier alpha value is -0.840. The van der Waals surface area contributed by atoms with Crippen LogP contribution < -0.4 is 5.73 Å². The fraction of sp³-hybridized carbons (Fsp3) is 0.714. The second kappa shape index (κ2) is 5.87. The maximum Gasteiger partial charge on any atom is 0.122 e. The van der Waals surface area contributed by atoms with E-state index < -0.39 is 0 Å². The van der Waals surface area contributed by atoms with Gasteiger partial charge in [0.05, 0.1) is 12.3 Å². The summed E-state index contributed by atoms with van der Waals surface area (Å²) < 4.78 is 5.56. The molecule has 1 saturated heterocycles. The lowest BCUT2D eigenvalue weighted by molar-refractivity contribution is 0.0864. The van der Waals surface area contributed by atoms with Crippen molar-refractivity contribution in [2.45, 2.75) is 37.9 Å². The fourth-order valence-electron chi connectivity index (χ4n) is 2.92. The van der Waals surface area contributed by atoms with Crippen LogP contribution in [0.1, 0.15) is 31.6 Å². The van der Waals surface area contributed by atoms with Crippen LogP contribution in [0.15, 0.2) is 22.8 Å². The van der Waals surface area contributed by atoms with Gasteiger partial charge in [-0.3, -0.25) is 4.90 Å². The van der Waals surface area contributed by atoms with E-state index in [1.165, 1.54) is 25.9 Å². The predicted octanol–water partition coefficient (Wildman–Crippen LogP) is 1.69. The molecule has 2 unspecified atom stereocenters. The van der Waals surface area contributed by atoms with Gasteiger partial charge in [0.25, 0.3) is 0 Å². The molecular formula is C14H25N3O. The van der Waals surface area contributed by atoms with Crippen molar-refractivity contribution in [3.8, 4) is 0 Å². The number of hydrogen-bond acceptors (Lipinski definition) is 4. The third-order valence-corrected chi connectivity index (χ3v) is 4.04. The highest BCUT2D eigenvalue weighted by molar-refractivity contribution is 5.08. The average Bonchev–Trinajstić information content (AvgIpc) is 2.83. The molecule has 1 aromatic rings. The van der Waals surface area contributed by atoms with Gasteiger partial charge in [-0.15, -0.1) is 0 Å². The number of nitrogens with two attached hydrogens (primary N) is 1. The quantitative estimate of drug-likeness (QED) is 0.884. The molecule has 2 heterocycles. The lowest BCUT2D eigenvalue weighted by Crippen LogP contribution is -2.47. The van der Waals surface area contributed by atoms with E-state index in [9.17, 15) is 0 Å². The Balaban J connectivity index is 2.07. The molecule has 0 spiro atoms. The van der Waals surface area contributed by atoms with Gasteiger partial charge in [0.2, 0.25) is 0 Å². The molecular weight excluding hydrogens is 226 g/mol. The van der Waals surface area contributed by atoms with Crippen LogP contribution in [0.5, 0.6) is 0 Å². The maximum atomic E-state index is 6.15. The molecule has 2 N–H and O–H groups in total. The largest absolute Gasteiger partial charge is 0.468 e. The lowest BCUT2D eigenvalue weighted by atomic mass is 9.98. The number of nitrogens with zero attached hydrogens (tertiary/aromatic N) is 2. The molecule has 0 aromatic carbocycles. The highest BCUT2D eigenvalue weighted by atomic mass is 16.3. The standard InChI is InChI=1S/C14H25N3O/c1-11(15)14(13-5-4-10-18-13)17(3)12-6-8-16(2)9-7-12/h4-5,10-12,14H,6-9,15H2,1-3H3. The summed E-state index contributed by atoms with van der Waals surface area (Å²) in [7, 11) is 4.36. The van der Waals surface area contributed by atoms with E-state index in [0.717, 1.165) is 5.76 Å². The number of piperidine rings is 1. The zero-order valence-electron chi connectivity index (χ0n) is 11.7. The SMILES string of the molecule is CC(N)C(c1ccco1)N(C)C1CCN(C)CC1. The van der Waals surface area contributed by atoms with E-state index in [4.69, 9.17) is 10.2 Å². The van der Waals surface area contributed by atoms with Crippen LogP contribution in [-0.2, 0) is 0 Å². The summed E-state index contributed by atoms with van der Waals surface area (Å²) in [5, 5.41) is 0. The second-order valence-corrected chi connectivity index (χ2v) is 5.52. The monoisotopic (exact) mass is 251 g/mol. The van der Waals surface area contributed by atoms with Gasteiger partial charge < -0.3 is 15.1 Å². The van der Waals surface area contributed by atoms with Crippen molar-refractivity contribution in [3.63, 3.8) is 0 Å². The van der Waals surface area contributed by atoms with Crippen molar-refractivity contribution in [1.82, 2.24) is 9.80 Å². The summed E-state index contributed by atoms with van der Waals surface area (Å²) >= 11 is 0. The van der Waals surface area contributed by atoms with E-state index in [2.05, 4.69) is 30.8 Å². The number of rotatable bonds is 4. The van der Waals surface area contributed by atoms with Crippen LogP contribution in [0.25, 0.3) is 0 Å². The minimum absolute atomic E-state index is 0.0702. The van der Waals surface area contributed by atoms with E-state index in [1.54, 1.807) is 6.26 Å². The van der Waals surface area contributed by atoms with Crippen LogP contribution in [0, 0.1) is 0 Å². The molecule has 1 aromatic heterocycles. The molecule has 102 valence electrons. The smallest absolute Gasteiger partial charge is 0.122 e. The van der Waals surface area contributed by atoms with Crippen molar-refractivity contribution in [1.29, 1.82) is 0 Å². The molecule has 1 aliphatic rings. The molecule has 18 heavy (non-hydrogen) atoms. The number of hydrogen-bond donors (Lipinski definition) is 1. The molecule has 0 bridgehead atoms. The summed E-state index contributed by atoms with van der Waals surface area (Å²) in [6, 6.07) is 4.81. The molecule has 4 heteroatoms. The average molecular weight is 251 g/mol. The Morgan fingerprint density at radius 2 is 2.11 bits per heavy atom. The highest BCUT2D eigenvalue weighted by Gasteiger charge is 2.30. The van der Waals surface area contributed by atoms with Crippen LogP contribution in [-0.4, -0.2) is 49.1 Å². The Morgan fingerprint density at radius 3 is 2.61 bits per heavy atom. The third kappa shape index (κ3) is 2.94. The van der Waals surface area contributed by atoms with Crippen molar-refractivity contribution in [3.05, 3.63) is 24.2 Å². The molecule has 4 nitrogen and oxygen atoms in total. The number of likely N-dealkylation sites (N-methyl/N-ethyl adjacent to an activating group) is 1. The zero-order chi connectivity index (χ0) is 13.1. The molecule has 1 fully saturated rings. The topological polar surface area (TPSA) is 45.6 Å². The molecule has 2 rings (SSSR count). The van der Waals surface area contributed by atoms with E-state index in [1.807, 2.05) is 12.1 Å². The summed E-state index contributed by atoms with van der Waals surface area (Å²) in [5.74, 6) is 0.978. The third-order valence-electron chi connectivity index (χ3n) is 4.04. The van der Waals surface area contributed by atoms with Gasteiger partial charge >= 0.3 is 0 Å². The minimum Gasteiger partial charge on any atom is -0.468 e. The van der Waals surface area contributed by atoms with E-state index in [-0.39, 0.29) is 12.1 Å². The van der Waals surface area contributed by atoms with Gasteiger partial charge in [0.15, 0.2) is 0 Å². The van der Waals surface area contributed by atoms with Crippen LogP contribution in [0.4, 0.5) is 0 Å². The number of likely N-dealkylation sites (tertiary alicyclic amines) is 1. The molecule has 0 radical (unpaired) electrons. The van der Waals surface area contributed by atoms with Crippen molar-refractivity contribution >= 4 is 0 Å². The lowest BCUT2D eigenvalue weighted by Gasteiger charge is -2.40. The summed E-state index contributed by atoms with van der Waals surface area (Å²) in [4.78, 5) is 4.79. The second-order valence-electron chi connectivity index (χ2n) is 5.52. The van der Waals surface area contributed by atoms with Gasteiger partial charge in [0.1, 0.15) is 5.76 Å². The first kappa shape index (κ1) is 13.6. The van der Waals surface area contributed by atoms with Crippen LogP contribution in [0.3, 0.4) is 0 Å². The van der Waals surface area contributed by atoms with Gasteiger partial charge in [-0.2, -0.15) is 0 Å². The molecule has 0 aliphatic carbocycles. The summed E-state index contributed by atoms with van der Waals surface area (Å²) in [6.07, 6.45) is 4.14. The molecule has 1 aliphatic heterocycles. The Labute approximate surface area is 110 Å². The van der Waals surface area contributed by atoms with Gasteiger partial charge in [0, 0.05) is 12.1 Å². The number of furan rings is 1. The fourth-order valence-corrected chi connectivity index (χ4v) is 2.92. The molecule has 0 amide bonds. The normalized spacial score (nSPS) is 22.3. The van der Waals surface area contributed by atoms with Gasteiger partial charge in [-0.1, -0.05) is 0 Å². The Kier molecular flexibility index (Phi) is 4.43. The highest BCUT2D eigenvalue weighted by Crippen LogP contribution is 2.28. The van der Waals surface area contributed by atoms with E-state index in [0.29, 0.717) is 6.04 Å². The first-order valence-corrected chi connectivity index (χ1v) is 6.79. The first-order chi connectivity index (χ1) is 8.59. The summed E-state index contributed by atoms with van der Waals surface area (Å²) in [6.45, 7) is 4.39. The first-order valence-electron chi connectivity index (χ1n) is 6.79. The molecule has 2 atom stereocenters. The van der Waals surface area contributed by atoms with Gasteiger partial charge in [-0.25, -0.2) is 0 Å².